The average Bonchev–Trinajstić information content (AvgIpc) is 1.87. The van der Waals surface area contributed by atoms with Gasteiger partial charge in [-0.05, 0) is 19.8 Å². The fourth-order valence-corrected chi connectivity index (χ4v) is 0.805. The highest BCUT2D eigenvalue weighted by molar-refractivity contribution is 4.85. The van der Waals surface area contributed by atoms with Crippen LogP contribution in [0, 0.1) is 0 Å². The summed E-state index contributed by atoms with van der Waals surface area (Å²) in [6.45, 7) is 3.97. The second-order valence-electron chi connectivity index (χ2n) is 2.66. The van der Waals surface area contributed by atoms with Crippen molar-refractivity contribution in [2.45, 2.75) is 45.6 Å². The second kappa shape index (κ2) is 6.81. The van der Waals surface area contributed by atoms with Crippen LogP contribution < -0.4 is 0 Å². The van der Waals surface area contributed by atoms with Gasteiger partial charge in [0.1, 0.15) is 0 Å². The molecule has 1 N–H and O–H groups in total. The van der Waals surface area contributed by atoms with Crippen molar-refractivity contribution in [3.63, 3.8) is 0 Å². The molecule has 0 spiro atoms. The number of aliphatic hydroxyl groups is 1. The Kier molecular flexibility index (Phi) is 6.61. The summed E-state index contributed by atoms with van der Waals surface area (Å²) in [5, 5.41) is 8.82. The van der Waals surface area contributed by atoms with Gasteiger partial charge in [-0.15, -0.1) is 0 Å². The van der Waals surface area contributed by atoms with Gasteiger partial charge in [0.25, 0.3) is 0 Å². The van der Waals surface area contributed by atoms with Crippen LogP contribution in [0.4, 0.5) is 0 Å². The first-order chi connectivity index (χ1) is 4.77. The average molecular weight is 142 g/mol. The predicted octanol–water partition coefficient (Wildman–Crippen LogP) is 2.50. The van der Waals surface area contributed by atoms with Gasteiger partial charge in [0.2, 0.25) is 0 Å². The van der Waals surface area contributed by atoms with E-state index in [-0.39, 0.29) is 6.10 Å². The van der Waals surface area contributed by atoms with E-state index in [1.54, 1.807) is 6.92 Å². The highest BCUT2D eigenvalue weighted by Gasteiger charge is 1.84. The van der Waals surface area contributed by atoms with Crippen molar-refractivity contribution < 1.29 is 5.11 Å². The van der Waals surface area contributed by atoms with E-state index in [1.807, 2.05) is 6.08 Å². The monoisotopic (exact) mass is 142 g/mol. The molecule has 0 saturated heterocycles. The Morgan fingerprint density at radius 2 is 2.10 bits per heavy atom. The molecule has 0 radical (unpaired) electrons. The minimum absolute atomic E-state index is 0.276. The molecule has 0 aromatic rings. The van der Waals surface area contributed by atoms with Gasteiger partial charge < -0.3 is 5.11 Å². The van der Waals surface area contributed by atoms with Crippen LogP contribution in [0.2, 0.25) is 0 Å². The maximum Gasteiger partial charge on any atom is 0.0692 e. The zero-order valence-electron chi connectivity index (χ0n) is 7.01. The van der Waals surface area contributed by atoms with Gasteiger partial charge in [-0.3, -0.25) is 0 Å². The summed E-state index contributed by atoms with van der Waals surface area (Å²) in [6, 6.07) is 0. The Bertz CT molecular complexity index is 84.7. The first-order valence-electron chi connectivity index (χ1n) is 4.12. The van der Waals surface area contributed by atoms with E-state index in [2.05, 4.69) is 13.0 Å². The van der Waals surface area contributed by atoms with E-state index < -0.39 is 0 Å². The molecule has 0 heterocycles. The zero-order chi connectivity index (χ0) is 7.82. The Hall–Kier alpha value is -0.300. The quantitative estimate of drug-likeness (QED) is 0.462. The van der Waals surface area contributed by atoms with E-state index in [0.29, 0.717) is 0 Å². The van der Waals surface area contributed by atoms with Crippen LogP contribution in [0.25, 0.3) is 0 Å². The second-order valence-corrected chi connectivity index (χ2v) is 2.66. The van der Waals surface area contributed by atoms with E-state index in [9.17, 15) is 0 Å². The molecule has 60 valence electrons. The Morgan fingerprint density at radius 3 is 2.60 bits per heavy atom. The van der Waals surface area contributed by atoms with Gasteiger partial charge >= 0.3 is 0 Å². The molecule has 0 saturated carbocycles. The third-order valence-corrected chi connectivity index (χ3v) is 1.39. The number of hydrogen-bond donors (Lipinski definition) is 1. The lowest BCUT2D eigenvalue weighted by molar-refractivity contribution is 0.244. The van der Waals surface area contributed by atoms with Crippen LogP contribution in [-0.4, -0.2) is 11.2 Å². The molecule has 1 heteroatoms. The molecule has 1 unspecified atom stereocenters. The lowest BCUT2D eigenvalue weighted by Crippen LogP contribution is -1.91. The summed E-state index contributed by atoms with van der Waals surface area (Å²) in [4.78, 5) is 0. The van der Waals surface area contributed by atoms with Gasteiger partial charge in [-0.25, -0.2) is 0 Å². The summed E-state index contributed by atoms with van der Waals surface area (Å²) in [5.74, 6) is 0. The normalized spacial score (nSPS) is 14.3. The topological polar surface area (TPSA) is 20.2 Å². The largest absolute Gasteiger partial charge is 0.389 e. The SMILES string of the molecule is CCCCC/C=C/C(C)O. The number of unbranched alkanes of at least 4 members (excludes halogenated alkanes) is 3. The molecule has 0 fully saturated rings. The Balaban J connectivity index is 3.02. The van der Waals surface area contributed by atoms with E-state index >= 15 is 0 Å². The molecule has 0 aliphatic carbocycles. The van der Waals surface area contributed by atoms with Crippen molar-refractivity contribution in [3.05, 3.63) is 12.2 Å². The molecule has 0 bridgehead atoms. The molecule has 10 heavy (non-hydrogen) atoms. The first-order valence-corrected chi connectivity index (χ1v) is 4.12. The third kappa shape index (κ3) is 7.70. The summed E-state index contributed by atoms with van der Waals surface area (Å²) >= 11 is 0. The predicted molar refractivity (Wildman–Crippen MR) is 45.0 cm³/mol. The number of aliphatic hydroxyl groups excluding tert-OH is 1. The fourth-order valence-electron chi connectivity index (χ4n) is 0.805. The standard InChI is InChI=1S/C9H18O/c1-3-4-5-6-7-8-9(2)10/h7-10H,3-6H2,1-2H3/b8-7+. The van der Waals surface area contributed by atoms with E-state index in [4.69, 9.17) is 5.11 Å². The van der Waals surface area contributed by atoms with Crippen LogP contribution in [0.15, 0.2) is 12.2 Å². The summed E-state index contributed by atoms with van der Waals surface area (Å²) in [7, 11) is 0. The molecule has 0 aliphatic rings. The van der Waals surface area contributed by atoms with Gasteiger partial charge in [0, 0.05) is 0 Å². The smallest absolute Gasteiger partial charge is 0.0692 e. The number of allylic oxidation sites excluding steroid dienone is 1. The summed E-state index contributed by atoms with van der Waals surface area (Å²) < 4.78 is 0. The van der Waals surface area contributed by atoms with Crippen molar-refractivity contribution in [3.8, 4) is 0 Å². The highest BCUT2D eigenvalue weighted by atomic mass is 16.3. The van der Waals surface area contributed by atoms with Crippen LogP contribution in [0.5, 0.6) is 0 Å². The molecule has 0 aliphatic heterocycles. The first kappa shape index (κ1) is 9.70. The maximum atomic E-state index is 8.82. The van der Waals surface area contributed by atoms with Gasteiger partial charge in [-0.2, -0.15) is 0 Å². The maximum absolute atomic E-state index is 8.82. The molecule has 0 rings (SSSR count). The van der Waals surface area contributed by atoms with Crippen molar-refractivity contribution in [1.29, 1.82) is 0 Å². The Morgan fingerprint density at radius 1 is 1.40 bits per heavy atom. The van der Waals surface area contributed by atoms with E-state index in [0.717, 1.165) is 6.42 Å². The minimum atomic E-state index is -0.276. The number of hydrogen-bond acceptors (Lipinski definition) is 1. The zero-order valence-corrected chi connectivity index (χ0v) is 7.01. The van der Waals surface area contributed by atoms with Crippen LogP contribution in [0.3, 0.4) is 0 Å². The van der Waals surface area contributed by atoms with E-state index in [1.165, 1.54) is 19.3 Å². The molecule has 0 amide bonds. The minimum Gasteiger partial charge on any atom is -0.389 e. The van der Waals surface area contributed by atoms with Gasteiger partial charge in [-0.1, -0.05) is 31.9 Å². The lowest BCUT2D eigenvalue weighted by atomic mass is 10.2. The summed E-state index contributed by atoms with van der Waals surface area (Å²) in [5.41, 5.74) is 0. The van der Waals surface area contributed by atoms with Crippen molar-refractivity contribution in [2.75, 3.05) is 0 Å². The molecular weight excluding hydrogens is 124 g/mol. The lowest BCUT2D eigenvalue weighted by Gasteiger charge is -1.93. The van der Waals surface area contributed by atoms with Crippen molar-refractivity contribution in [2.24, 2.45) is 0 Å². The summed E-state index contributed by atoms with van der Waals surface area (Å²) in [6.07, 6.45) is 8.54. The van der Waals surface area contributed by atoms with Gasteiger partial charge in [0.05, 0.1) is 6.10 Å². The Labute approximate surface area is 63.8 Å². The molecule has 1 nitrogen and oxygen atoms in total. The molecule has 0 aromatic carbocycles. The third-order valence-electron chi connectivity index (χ3n) is 1.39. The fraction of sp³-hybridized carbons (Fsp3) is 0.778. The van der Waals surface area contributed by atoms with Gasteiger partial charge in [0.15, 0.2) is 0 Å². The molecular formula is C9H18O. The van der Waals surface area contributed by atoms with Crippen molar-refractivity contribution in [1.82, 2.24) is 0 Å². The van der Waals surface area contributed by atoms with Crippen LogP contribution in [-0.2, 0) is 0 Å². The van der Waals surface area contributed by atoms with Crippen LogP contribution in [0.1, 0.15) is 39.5 Å². The van der Waals surface area contributed by atoms with Crippen LogP contribution >= 0.6 is 0 Å². The van der Waals surface area contributed by atoms with Crippen molar-refractivity contribution >= 4 is 0 Å². The number of rotatable bonds is 5. The molecule has 0 aromatic heterocycles. The molecule has 1 atom stereocenters. The highest BCUT2D eigenvalue weighted by Crippen LogP contribution is 1.99.